The molecule has 0 radical (unpaired) electrons. The van der Waals surface area contributed by atoms with Crippen LogP contribution in [0.15, 0.2) is 12.7 Å². The third kappa shape index (κ3) is 17.5. The number of hydrogen-bond donors (Lipinski definition) is 2. The second-order valence-electron chi connectivity index (χ2n) is 6.96. The smallest absolute Gasteiger partial charge is 0.220 e. The van der Waals surface area contributed by atoms with Gasteiger partial charge in [0.2, 0.25) is 5.91 Å². The highest BCUT2D eigenvalue weighted by molar-refractivity contribution is 5.75. The highest BCUT2D eigenvalue weighted by Crippen LogP contribution is 2.14. The van der Waals surface area contributed by atoms with E-state index in [0.717, 1.165) is 25.7 Å². The summed E-state index contributed by atoms with van der Waals surface area (Å²) in [4.78, 5) is 11.4. The van der Waals surface area contributed by atoms with Gasteiger partial charge in [0.05, 0.1) is 6.10 Å². The molecule has 2 N–H and O–H groups in total. The summed E-state index contributed by atoms with van der Waals surface area (Å²) in [5, 5.41) is 12.7. The van der Waals surface area contributed by atoms with Crippen LogP contribution in [0.5, 0.6) is 0 Å². The molecule has 0 aromatic heterocycles. The van der Waals surface area contributed by atoms with E-state index in [1.165, 1.54) is 64.2 Å². The van der Waals surface area contributed by atoms with E-state index in [1.54, 1.807) is 6.08 Å². The quantitative estimate of drug-likeness (QED) is 0.255. The standard InChI is InChI=1S/C21H41NO2/c1-3-5-6-13-16-20(23)17-14-11-9-7-8-10-12-15-18-21(24)22-19-4-2/h4,20,23H,2-3,5-19H2,1H3,(H,22,24)/t20-/m1/s1. The maximum Gasteiger partial charge on any atom is 0.220 e. The lowest BCUT2D eigenvalue weighted by atomic mass is 10.0. The SMILES string of the molecule is C=CCNC(=O)CCCCCCCCCC[C@H](O)CCCCCC. The molecule has 0 aliphatic rings. The Balaban J connectivity index is 3.19. The first-order valence-electron chi connectivity index (χ1n) is 10.3. The van der Waals surface area contributed by atoms with Crippen LogP contribution in [-0.2, 0) is 4.79 Å². The molecule has 0 heterocycles. The minimum Gasteiger partial charge on any atom is -0.393 e. The Kier molecular flexibility index (Phi) is 17.9. The zero-order valence-electron chi connectivity index (χ0n) is 16.0. The molecular weight excluding hydrogens is 298 g/mol. The minimum atomic E-state index is -0.0749. The first-order chi connectivity index (χ1) is 11.7. The first-order valence-corrected chi connectivity index (χ1v) is 10.3. The summed E-state index contributed by atoms with van der Waals surface area (Å²) in [7, 11) is 0. The second-order valence-corrected chi connectivity index (χ2v) is 6.96. The Morgan fingerprint density at radius 2 is 1.42 bits per heavy atom. The van der Waals surface area contributed by atoms with Gasteiger partial charge in [-0.05, 0) is 19.3 Å². The van der Waals surface area contributed by atoms with E-state index < -0.39 is 0 Å². The van der Waals surface area contributed by atoms with Gasteiger partial charge in [-0.1, -0.05) is 83.6 Å². The number of aliphatic hydroxyl groups excluding tert-OH is 1. The number of amides is 1. The molecule has 0 aliphatic carbocycles. The van der Waals surface area contributed by atoms with Crippen LogP contribution in [0.3, 0.4) is 0 Å². The first kappa shape index (κ1) is 23.2. The van der Waals surface area contributed by atoms with Crippen LogP contribution in [-0.4, -0.2) is 23.7 Å². The van der Waals surface area contributed by atoms with Gasteiger partial charge in [0.15, 0.2) is 0 Å². The maximum atomic E-state index is 11.4. The predicted octanol–water partition coefficient (Wildman–Crippen LogP) is 5.52. The van der Waals surface area contributed by atoms with Crippen LogP contribution in [0.1, 0.15) is 103 Å². The van der Waals surface area contributed by atoms with Crippen LogP contribution < -0.4 is 5.32 Å². The summed E-state index contributed by atoms with van der Waals surface area (Å²) in [6, 6.07) is 0. The molecule has 0 spiro atoms. The van der Waals surface area contributed by atoms with Crippen molar-refractivity contribution in [3.63, 3.8) is 0 Å². The van der Waals surface area contributed by atoms with Crippen molar-refractivity contribution in [2.45, 2.75) is 109 Å². The van der Waals surface area contributed by atoms with Crippen molar-refractivity contribution >= 4 is 5.91 Å². The van der Waals surface area contributed by atoms with Gasteiger partial charge < -0.3 is 10.4 Å². The Bertz CT molecular complexity index is 292. The molecule has 3 nitrogen and oxygen atoms in total. The number of unbranched alkanes of at least 4 members (excludes halogenated alkanes) is 10. The fraction of sp³-hybridized carbons (Fsp3) is 0.857. The average Bonchev–Trinajstić information content (AvgIpc) is 2.58. The van der Waals surface area contributed by atoms with Crippen LogP contribution in [0.2, 0.25) is 0 Å². The van der Waals surface area contributed by atoms with Crippen molar-refractivity contribution in [3.05, 3.63) is 12.7 Å². The number of carbonyl (C=O) groups is 1. The fourth-order valence-electron chi connectivity index (χ4n) is 2.95. The van der Waals surface area contributed by atoms with Gasteiger partial charge in [0.25, 0.3) is 0 Å². The molecule has 0 aliphatic heterocycles. The Hall–Kier alpha value is -0.830. The normalized spacial score (nSPS) is 12.1. The maximum absolute atomic E-state index is 11.4. The predicted molar refractivity (Wildman–Crippen MR) is 104 cm³/mol. The highest BCUT2D eigenvalue weighted by atomic mass is 16.3. The number of nitrogens with one attached hydrogen (secondary N) is 1. The number of rotatable bonds is 18. The molecule has 142 valence electrons. The zero-order valence-corrected chi connectivity index (χ0v) is 16.0. The van der Waals surface area contributed by atoms with E-state index >= 15 is 0 Å². The van der Waals surface area contributed by atoms with Crippen molar-refractivity contribution in [1.29, 1.82) is 0 Å². The molecule has 0 saturated heterocycles. The van der Waals surface area contributed by atoms with Crippen molar-refractivity contribution in [3.8, 4) is 0 Å². The molecule has 0 unspecified atom stereocenters. The lowest BCUT2D eigenvalue weighted by molar-refractivity contribution is -0.121. The summed E-state index contributed by atoms with van der Waals surface area (Å²) in [5.41, 5.74) is 0. The Labute approximate surface area is 150 Å². The van der Waals surface area contributed by atoms with Gasteiger partial charge in [-0.25, -0.2) is 0 Å². The van der Waals surface area contributed by atoms with Crippen LogP contribution in [0.25, 0.3) is 0 Å². The number of hydrogen-bond acceptors (Lipinski definition) is 2. The summed E-state index contributed by atoms with van der Waals surface area (Å²) in [6.07, 6.45) is 18.9. The van der Waals surface area contributed by atoms with Crippen molar-refractivity contribution in [2.24, 2.45) is 0 Å². The molecule has 0 rings (SSSR count). The second kappa shape index (κ2) is 18.5. The molecule has 0 aromatic rings. The van der Waals surface area contributed by atoms with E-state index in [-0.39, 0.29) is 12.0 Å². The van der Waals surface area contributed by atoms with Crippen LogP contribution >= 0.6 is 0 Å². The van der Waals surface area contributed by atoms with E-state index in [1.807, 2.05) is 0 Å². The molecular formula is C21H41NO2. The van der Waals surface area contributed by atoms with Gasteiger partial charge in [0, 0.05) is 13.0 Å². The fourth-order valence-corrected chi connectivity index (χ4v) is 2.95. The van der Waals surface area contributed by atoms with Crippen molar-refractivity contribution in [2.75, 3.05) is 6.54 Å². The van der Waals surface area contributed by atoms with Crippen LogP contribution in [0.4, 0.5) is 0 Å². The highest BCUT2D eigenvalue weighted by Gasteiger charge is 2.03. The minimum absolute atomic E-state index is 0.0749. The summed E-state index contributed by atoms with van der Waals surface area (Å²) >= 11 is 0. The van der Waals surface area contributed by atoms with E-state index in [2.05, 4.69) is 18.8 Å². The lowest BCUT2D eigenvalue weighted by Gasteiger charge is -2.10. The summed E-state index contributed by atoms with van der Waals surface area (Å²) in [6.45, 7) is 6.38. The third-order valence-electron chi connectivity index (χ3n) is 4.53. The van der Waals surface area contributed by atoms with Crippen LogP contribution in [0, 0.1) is 0 Å². The number of aliphatic hydroxyl groups is 1. The van der Waals surface area contributed by atoms with Gasteiger partial charge in [-0.2, -0.15) is 0 Å². The zero-order chi connectivity index (χ0) is 17.9. The summed E-state index contributed by atoms with van der Waals surface area (Å²) < 4.78 is 0. The Morgan fingerprint density at radius 1 is 0.917 bits per heavy atom. The van der Waals surface area contributed by atoms with E-state index in [9.17, 15) is 9.90 Å². The lowest BCUT2D eigenvalue weighted by Crippen LogP contribution is -2.22. The van der Waals surface area contributed by atoms with Gasteiger partial charge >= 0.3 is 0 Å². The van der Waals surface area contributed by atoms with Crippen molar-refractivity contribution < 1.29 is 9.90 Å². The van der Waals surface area contributed by atoms with Gasteiger partial charge in [0.1, 0.15) is 0 Å². The number of carbonyl (C=O) groups excluding carboxylic acids is 1. The topological polar surface area (TPSA) is 49.3 Å². The molecule has 1 amide bonds. The molecule has 24 heavy (non-hydrogen) atoms. The average molecular weight is 340 g/mol. The van der Waals surface area contributed by atoms with Gasteiger partial charge in [-0.3, -0.25) is 4.79 Å². The van der Waals surface area contributed by atoms with E-state index in [0.29, 0.717) is 13.0 Å². The third-order valence-corrected chi connectivity index (χ3v) is 4.53. The summed E-state index contributed by atoms with van der Waals surface area (Å²) in [5.74, 6) is 0.142. The van der Waals surface area contributed by atoms with Crippen molar-refractivity contribution in [1.82, 2.24) is 5.32 Å². The molecule has 3 heteroatoms. The molecule has 1 atom stereocenters. The molecule has 0 aromatic carbocycles. The molecule has 0 saturated carbocycles. The Morgan fingerprint density at radius 3 is 1.96 bits per heavy atom. The van der Waals surface area contributed by atoms with Gasteiger partial charge in [-0.15, -0.1) is 6.58 Å². The molecule has 0 bridgehead atoms. The van der Waals surface area contributed by atoms with E-state index in [4.69, 9.17) is 0 Å². The largest absolute Gasteiger partial charge is 0.393 e. The molecule has 0 fully saturated rings. The monoisotopic (exact) mass is 339 g/mol.